The fourth-order valence-electron chi connectivity index (χ4n) is 3.46. The topological polar surface area (TPSA) is 18.8 Å². The van der Waals surface area contributed by atoms with E-state index < -0.39 is 0 Å². The molecule has 0 amide bonds. The number of hydrogen-bond donors (Lipinski definition) is 0. The standard InChI is InChI=1S/C22H21Cl2N3/c23-21-9-4-10-22(24)20(21)15-25-27-13-11-26(12-14-27)16-18-7-3-6-17-5-1-2-8-19(17)18/h1-10,15H,11-14,16H2. The van der Waals surface area contributed by atoms with Gasteiger partial charge in [0, 0.05) is 38.3 Å². The second-order valence-corrected chi connectivity index (χ2v) is 7.56. The molecule has 0 radical (unpaired) electrons. The molecule has 138 valence electrons. The highest BCUT2D eigenvalue weighted by molar-refractivity contribution is 6.38. The van der Waals surface area contributed by atoms with Gasteiger partial charge in [0.2, 0.25) is 0 Å². The third-order valence-electron chi connectivity index (χ3n) is 4.97. The fraction of sp³-hybridized carbons (Fsp3) is 0.227. The Morgan fingerprint density at radius 1 is 0.815 bits per heavy atom. The van der Waals surface area contributed by atoms with E-state index in [0.29, 0.717) is 10.0 Å². The van der Waals surface area contributed by atoms with Crippen LogP contribution in [0.4, 0.5) is 0 Å². The maximum absolute atomic E-state index is 6.21. The summed E-state index contributed by atoms with van der Waals surface area (Å²) in [5.41, 5.74) is 2.16. The maximum atomic E-state index is 6.21. The first-order valence-electron chi connectivity index (χ1n) is 9.12. The van der Waals surface area contributed by atoms with E-state index in [1.807, 2.05) is 18.2 Å². The van der Waals surface area contributed by atoms with Crippen LogP contribution in [-0.2, 0) is 6.54 Å². The van der Waals surface area contributed by atoms with Crippen molar-refractivity contribution >= 4 is 40.2 Å². The third kappa shape index (κ3) is 4.27. The number of benzene rings is 3. The van der Waals surface area contributed by atoms with Crippen LogP contribution in [0.15, 0.2) is 65.8 Å². The Labute approximate surface area is 169 Å². The highest BCUT2D eigenvalue weighted by Crippen LogP contribution is 2.23. The molecule has 1 heterocycles. The van der Waals surface area contributed by atoms with Gasteiger partial charge in [0.15, 0.2) is 0 Å². The van der Waals surface area contributed by atoms with Crippen molar-refractivity contribution in [1.82, 2.24) is 9.91 Å². The summed E-state index contributed by atoms with van der Waals surface area (Å²) in [5, 5.41) is 10.6. The first-order chi connectivity index (χ1) is 13.2. The minimum Gasteiger partial charge on any atom is -0.295 e. The highest BCUT2D eigenvalue weighted by atomic mass is 35.5. The molecule has 0 aliphatic carbocycles. The molecule has 3 aromatic rings. The van der Waals surface area contributed by atoms with Gasteiger partial charge in [-0.1, -0.05) is 71.7 Å². The van der Waals surface area contributed by atoms with Gasteiger partial charge in [-0.25, -0.2) is 0 Å². The summed E-state index contributed by atoms with van der Waals surface area (Å²) >= 11 is 12.4. The maximum Gasteiger partial charge on any atom is 0.0572 e. The van der Waals surface area contributed by atoms with Crippen LogP contribution in [0.1, 0.15) is 11.1 Å². The summed E-state index contributed by atoms with van der Waals surface area (Å²) in [6.45, 7) is 4.72. The van der Waals surface area contributed by atoms with Gasteiger partial charge in [0.25, 0.3) is 0 Å². The lowest BCUT2D eigenvalue weighted by Gasteiger charge is -2.33. The average Bonchev–Trinajstić information content (AvgIpc) is 2.69. The molecular weight excluding hydrogens is 377 g/mol. The molecule has 3 aromatic carbocycles. The van der Waals surface area contributed by atoms with Crippen molar-refractivity contribution in [3.05, 3.63) is 81.8 Å². The smallest absolute Gasteiger partial charge is 0.0572 e. The second-order valence-electron chi connectivity index (χ2n) is 6.75. The number of nitrogens with zero attached hydrogens (tertiary/aromatic N) is 3. The molecule has 0 spiro atoms. The lowest BCUT2D eigenvalue weighted by atomic mass is 10.0. The van der Waals surface area contributed by atoms with Crippen LogP contribution in [0.2, 0.25) is 10.0 Å². The molecule has 0 atom stereocenters. The molecular formula is C22H21Cl2N3. The quantitative estimate of drug-likeness (QED) is 0.556. The zero-order valence-electron chi connectivity index (χ0n) is 15.0. The van der Waals surface area contributed by atoms with E-state index >= 15 is 0 Å². The Morgan fingerprint density at radius 2 is 1.48 bits per heavy atom. The number of halogens is 2. The number of piperazine rings is 1. The van der Waals surface area contributed by atoms with Crippen molar-refractivity contribution in [2.24, 2.45) is 5.10 Å². The molecule has 4 rings (SSSR count). The van der Waals surface area contributed by atoms with E-state index in [1.165, 1.54) is 16.3 Å². The summed E-state index contributed by atoms with van der Waals surface area (Å²) in [6, 6.07) is 20.6. The van der Waals surface area contributed by atoms with E-state index in [0.717, 1.165) is 38.3 Å². The minimum absolute atomic E-state index is 0.626. The van der Waals surface area contributed by atoms with Crippen LogP contribution in [0.3, 0.4) is 0 Å². The van der Waals surface area contributed by atoms with Crippen LogP contribution in [-0.4, -0.2) is 42.3 Å². The van der Waals surface area contributed by atoms with E-state index in [2.05, 4.69) is 57.5 Å². The lowest BCUT2D eigenvalue weighted by Crippen LogP contribution is -2.43. The molecule has 27 heavy (non-hydrogen) atoms. The Balaban J connectivity index is 1.38. The molecule has 1 saturated heterocycles. The van der Waals surface area contributed by atoms with Gasteiger partial charge in [-0.15, -0.1) is 0 Å². The van der Waals surface area contributed by atoms with Crippen LogP contribution in [0.5, 0.6) is 0 Å². The zero-order chi connectivity index (χ0) is 18.6. The highest BCUT2D eigenvalue weighted by Gasteiger charge is 2.16. The number of rotatable bonds is 4. The van der Waals surface area contributed by atoms with Crippen LogP contribution in [0, 0.1) is 0 Å². The van der Waals surface area contributed by atoms with Crippen molar-refractivity contribution in [2.45, 2.75) is 6.54 Å². The van der Waals surface area contributed by atoms with Gasteiger partial charge in [0.1, 0.15) is 0 Å². The first-order valence-corrected chi connectivity index (χ1v) is 9.88. The van der Waals surface area contributed by atoms with Gasteiger partial charge in [-0.2, -0.15) is 5.10 Å². The SMILES string of the molecule is Clc1cccc(Cl)c1C=NN1CCN(Cc2cccc3ccccc23)CC1. The fourth-order valence-corrected chi connectivity index (χ4v) is 3.95. The van der Waals surface area contributed by atoms with Gasteiger partial charge >= 0.3 is 0 Å². The molecule has 5 heteroatoms. The van der Waals surface area contributed by atoms with Crippen molar-refractivity contribution in [3.63, 3.8) is 0 Å². The Kier molecular flexibility index (Phi) is 5.63. The number of hydrazone groups is 1. The molecule has 0 unspecified atom stereocenters. The lowest BCUT2D eigenvalue weighted by molar-refractivity contribution is 0.131. The van der Waals surface area contributed by atoms with E-state index in [-0.39, 0.29) is 0 Å². The van der Waals surface area contributed by atoms with Crippen molar-refractivity contribution in [3.8, 4) is 0 Å². The Hall–Kier alpha value is -2.07. The molecule has 0 N–H and O–H groups in total. The average molecular weight is 398 g/mol. The molecule has 0 bridgehead atoms. The van der Waals surface area contributed by atoms with E-state index in [1.54, 1.807) is 6.21 Å². The molecule has 1 aliphatic heterocycles. The molecule has 1 aliphatic rings. The van der Waals surface area contributed by atoms with Gasteiger partial charge in [-0.05, 0) is 28.5 Å². The van der Waals surface area contributed by atoms with Crippen molar-refractivity contribution in [1.29, 1.82) is 0 Å². The normalized spacial score (nSPS) is 15.7. The minimum atomic E-state index is 0.626. The zero-order valence-corrected chi connectivity index (χ0v) is 16.5. The summed E-state index contributed by atoms with van der Waals surface area (Å²) in [5.74, 6) is 0. The Morgan fingerprint density at radius 3 is 2.26 bits per heavy atom. The largest absolute Gasteiger partial charge is 0.295 e. The summed E-state index contributed by atoms with van der Waals surface area (Å²) in [6.07, 6.45) is 1.77. The van der Waals surface area contributed by atoms with Gasteiger partial charge < -0.3 is 0 Å². The predicted octanol–water partition coefficient (Wildman–Crippen LogP) is 5.30. The predicted molar refractivity (Wildman–Crippen MR) is 115 cm³/mol. The Bertz CT molecular complexity index is 937. The van der Waals surface area contributed by atoms with Crippen molar-refractivity contribution < 1.29 is 0 Å². The van der Waals surface area contributed by atoms with Crippen molar-refractivity contribution in [2.75, 3.05) is 26.2 Å². The van der Waals surface area contributed by atoms with Crippen LogP contribution < -0.4 is 0 Å². The third-order valence-corrected chi connectivity index (χ3v) is 5.63. The molecule has 3 nitrogen and oxygen atoms in total. The second kappa shape index (κ2) is 8.30. The monoisotopic (exact) mass is 397 g/mol. The van der Waals surface area contributed by atoms with E-state index in [4.69, 9.17) is 23.2 Å². The summed E-state index contributed by atoms with van der Waals surface area (Å²) < 4.78 is 0. The van der Waals surface area contributed by atoms with E-state index in [9.17, 15) is 0 Å². The summed E-state index contributed by atoms with van der Waals surface area (Å²) in [7, 11) is 0. The molecule has 0 saturated carbocycles. The van der Waals surface area contributed by atoms with Crippen LogP contribution >= 0.6 is 23.2 Å². The first kappa shape index (κ1) is 18.3. The van der Waals surface area contributed by atoms with Gasteiger partial charge in [0.05, 0.1) is 16.3 Å². The molecule has 1 fully saturated rings. The number of fused-ring (bicyclic) bond motifs is 1. The van der Waals surface area contributed by atoms with Gasteiger partial charge in [-0.3, -0.25) is 9.91 Å². The summed E-state index contributed by atoms with van der Waals surface area (Å²) in [4.78, 5) is 2.48. The molecule has 0 aromatic heterocycles. The number of hydrogen-bond acceptors (Lipinski definition) is 3. The van der Waals surface area contributed by atoms with Crippen LogP contribution in [0.25, 0.3) is 10.8 Å².